The van der Waals surface area contributed by atoms with E-state index in [1.165, 1.54) is 44.8 Å². The molecule has 0 unspecified atom stereocenters. The van der Waals surface area contributed by atoms with Gasteiger partial charge in [0.2, 0.25) is 0 Å². The van der Waals surface area contributed by atoms with Crippen LogP contribution in [0.3, 0.4) is 0 Å². The van der Waals surface area contributed by atoms with Crippen LogP contribution in [0.2, 0.25) is 6.32 Å². The number of rotatable bonds is 4. The van der Waals surface area contributed by atoms with E-state index in [0.717, 1.165) is 26.1 Å². The molecule has 4 radical (unpaired) electrons. The third-order valence-corrected chi connectivity index (χ3v) is 5.26. The zero-order valence-corrected chi connectivity index (χ0v) is 18.8. The fraction of sp³-hybridized carbons (Fsp3) is 0.478. The Kier molecular flexibility index (Phi) is 8.16. The molecule has 0 bridgehead atoms. The first kappa shape index (κ1) is 22.5. The SMILES string of the molecule is Cc1cc(C)c(N2CCN(c3c(C)cc(C)cc3C)C2)c(C)c1.[B][B][B]CC. The van der Waals surface area contributed by atoms with E-state index in [4.69, 9.17) is 7.74 Å². The molecule has 0 aromatic heterocycles. The lowest BCUT2D eigenvalue weighted by molar-refractivity contribution is 0.930. The maximum Gasteiger partial charge on any atom is 0.0904 e. The molecular formula is C23H33B3N2. The molecule has 2 aromatic carbocycles. The van der Waals surface area contributed by atoms with Crippen LogP contribution in [-0.2, 0) is 0 Å². The molecule has 1 saturated heterocycles. The summed E-state index contributed by atoms with van der Waals surface area (Å²) in [5.74, 6) is 0. The van der Waals surface area contributed by atoms with Gasteiger partial charge in [0.15, 0.2) is 0 Å². The van der Waals surface area contributed by atoms with Crippen molar-refractivity contribution in [2.24, 2.45) is 0 Å². The minimum Gasteiger partial charge on any atom is -0.352 e. The van der Waals surface area contributed by atoms with Crippen LogP contribution < -0.4 is 9.80 Å². The molecule has 0 saturated carbocycles. The van der Waals surface area contributed by atoms with Gasteiger partial charge in [0.25, 0.3) is 0 Å². The smallest absolute Gasteiger partial charge is 0.0904 e. The van der Waals surface area contributed by atoms with Crippen LogP contribution in [-0.4, -0.2) is 41.7 Å². The molecule has 0 spiro atoms. The molecule has 0 N–H and O–H groups in total. The molecule has 3 rings (SSSR count). The van der Waals surface area contributed by atoms with Gasteiger partial charge in [0.1, 0.15) is 0 Å². The topological polar surface area (TPSA) is 6.48 Å². The lowest BCUT2D eigenvalue weighted by Gasteiger charge is -2.26. The van der Waals surface area contributed by atoms with Crippen LogP contribution in [0, 0.1) is 41.5 Å². The first-order valence-electron chi connectivity index (χ1n) is 10.3. The highest BCUT2D eigenvalue weighted by molar-refractivity contribution is 7.23. The predicted octanol–water partition coefficient (Wildman–Crippen LogP) is 4.65. The third-order valence-electron chi connectivity index (χ3n) is 5.26. The van der Waals surface area contributed by atoms with Crippen molar-refractivity contribution in [1.82, 2.24) is 0 Å². The van der Waals surface area contributed by atoms with Crippen molar-refractivity contribution in [2.75, 3.05) is 29.6 Å². The molecule has 144 valence electrons. The molecule has 2 nitrogen and oxygen atoms in total. The summed E-state index contributed by atoms with van der Waals surface area (Å²) in [6.45, 7) is 18.5. The van der Waals surface area contributed by atoms with Gasteiger partial charge < -0.3 is 9.80 Å². The highest BCUT2D eigenvalue weighted by atomic mass is 15.4. The first-order chi connectivity index (χ1) is 13.3. The number of aryl methyl sites for hydroxylation is 6. The molecule has 2 aromatic rings. The predicted molar refractivity (Wildman–Crippen MR) is 129 cm³/mol. The van der Waals surface area contributed by atoms with Crippen molar-refractivity contribution in [2.45, 2.75) is 54.8 Å². The van der Waals surface area contributed by atoms with E-state index >= 15 is 0 Å². The second-order valence-electron chi connectivity index (χ2n) is 8.00. The van der Waals surface area contributed by atoms with Gasteiger partial charge in [-0.2, -0.15) is 0 Å². The standard InChI is InChI=1S/C21H28N2.C2H5B3/c1-14-9-16(3)20(17(4)10-14)22-7-8-23(13-22)21-18(5)11-15(2)12-19(21)6;1-2-4-5-3/h9-12H,7-8,13H2,1-6H3;2H2,1H3. The molecule has 1 aliphatic heterocycles. The van der Waals surface area contributed by atoms with Crippen LogP contribution in [0.5, 0.6) is 0 Å². The lowest BCUT2D eigenvalue weighted by atomic mass is 9.27. The Balaban J connectivity index is 0.000000500. The number of hydrogen-bond donors (Lipinski definition) is 0. The zero-order valence-electron chi connectivity index (χ0n) is 18.8. The number of nitrogens with zero attached hydrogens (tertiary/aromatic N) is 2. The number of benzene rings is 2. The van der Waals surface area contributed by atoms with E-state index in [1.807, 2.05) is 14.1 Å². The maximum atomic E-state index is 4.96. The first-order valence-corrected chi connectivity index (χ1v) is 10.3. The Morgan fingerprint density at radius 1 is 0.750 bits per heavy atom. The second-order valence-corrected chi connectivity index (χ2v) is 8.00. The van der Waals surface area contributed by atoms with Gasteiger partial charge in [-0.15, -0.1) is 0 Å². The van der Waals surface area contributed by atoms with Crippen LogP contribution >= 0.6 is 0 Å². The molecule has 28 heavy (non-hydrogen) atoms. The van der Waals surface area contributed by atoms with E-state index in [9.17, 15) is 0 Å². The maximum absolute atomic E-state index is 4.96. The molecule has 1 fully saturated rings. The average molecular weight is 370 g/mol. The summed E-state index contributed by atoms with van der Waals surface area (Å²) in [7, 11) is 8.42. The third kappa shape index (κ3) is 5.40. The molecule has 0 atom stereocenters. The molecule has 1 heterocycles. The minimum absolute atomic E-state index is 0.982. The monoisotopic (exact) mass is 370 g/mol. The Morgan fingerprint density at radius 2 is 1.11 bits per heavy atom. The molecule has 1 aliphatic rings. The summed E-state index contributed by atoms with van der Waals surface area (Å²) in [4.78, 5) is 5.06. The number of hydrogen-bond acceptors (Lipinski definition) is 2. The normalized spacial score (nSPS) is 13.2. The fourth-order valence-electron chi connectivity index (χ4n) is 4.43. The summed E-state index contributed by atoms with van der Waals surface area (Å²) in [5.41, 5.74) is 11.1. The van der Waals surface area contributed by atoms with E-state index < -0.39 is 0 Å². The van der Waals surface area contributed by atoms with E-state index in [0.29, 0.717) is 0 Å². The van der Waals surface area contributed by atoms with E-state index in [1.54, 1.807) is 7.06 Å². The fourth-order valence-corrected chi connectivity index (χ4v) is 4.43. The average Bonchev–Trinajstić information content (AvgIpc) is 3.03. The van der Waals surface area contributed by atoms with Crippen LogP contribution in [0.15, 0.2) is 24.3 Å². The minimum atomic E-state index is 0.982. The van der Waals surface area contributed by atoms with Crippen molar-refractivity contribution in [3.63, 3.8) is 0 Å². The van der Waals surface area contributed by atoms with E-state index in [-0.39, 0.29) is 0 Å². The molecule has 0 aliphatic carbocycles. The van der Waals surface area contributed by atoms with Gasteiger partial charge in [-0.25, -0.2) is 0 Å². The van der Waals surface area contributed by atoms with Crippen LogP contribution in [0.1, 0.15) is 40.3 Å². The summed E-state index contributed by atoms with van der Waals surface area (Å²) >= 11 is 0. The Labute approximate surface area is 175 Å². The van der Waals surface area contributed by atoms with Crippen molar-refractivity contribution in [3.05, 3.63) is 57.6 Å². The van der Waals surface area contributed by atoms with Gasteiger partial charge >= 0.3 is 0 Å². The van der Waals surface area contributed by atoms with Crippen LogP contribution in [0.25, 0.3) is 0 Å². The lowest BCUT2D eigenvalue weighted by Crippen LogP contribution is -2.27. The Bertz CT molecular complexity index is 693. The molecule has 5 heteroatoms. The van der Waals surface area contributed by atoms with Crippen LogP contribution in [0.4, 0.5) is 11.4 Å². The summed E-state index contributed by atoms with van der Waals surface area (Å²) in [5, 5.41) is 0. The quantitative estimate of drug-likeness (QED) is 0.723. The molecule has 0 amide bonds. The van der Waals surface area contributed by atoms with Gasteiger partial charge in [0, 0.05) is 39.3 Å². The highest BCUT2D eigenvalue weighted by Crippen LogP contribution is 2.32. The largest absolute Gasteiger partial charge is 0.352 e. The Hall–Kier alpha value is -1.77. The van der Waals surface area contributed by atoms with Crippen molar-refractivity contribution in [3.8, 4) is 0 Å². The highest BCUT2D eigenvalue weighted by Gasteiger charge is 2.24. The van der Waals surface area contributed by atoms with Gasteiger partial charge in [-0.05, 0) is 63.8 Å². The van der Waals surface area contributed by atoms with Gasteiger partial charge in [-0.1, -0.05) is 48.6 Å². The second kappa shape index (κ2) is 10.1. The van der Waals surface area contributed by atoms with E-state index in [2.05, 4.69) is 75.6 Å². The van der Waals surface area contributed by atoms with Gasteiger partial charge in [0.05, 0.1) is 13.8 Å². The van der Waals surface area contributed by atoms with Gasteiger partial charge in [-0.3, -0.25) is 0 Å². The molecular weight excluding hydrogens is 337 g/mol. The summed E-state index contributed by atoms with van der Waals surface area (Å²) in [6.07, 6.45) is 1.04. The number of anilines is 2. The summed E-state index contributed by atoms with van der Waals surface area (Å²) in [6, 6.07) is 9.20. The Morgan fingerprint density at radius 3 is 1.36 bits per heavy atom. The zero-order chi connectivity index (χ0) is 20.8. The van der Waals surface area contributed by atoms with Crippen molar-refractivity contribution in [1.29, 1.82) is 0 Å². The van der Waals surface area contributed by atoms with Crippen molar-refractivity contribution < 1.29 is 0 Å². The summed E-state index contributed by atoms with van der Waals surface area (Å²) < 4.78 is 0. The van der Waals surface area contributed by atoms with Crippen molar-refractivity contribution >= 4 is 33.3 Å².